The quantitative estimate of drug-likeness (QED) is 0.581. The Labute approximate surface area is 163 Å². The number of carbonyl (C=O) groups is 1. The van der Waals surface area contributed by atoms with Gasteiger partial charge in [-0.15, -0.1) is 11.7 Å². The van der Waals surface area contributed by atoms with Crippen molar-refractivity contribution >= 4 is 21.8 Å². The molecule has 0 saturated carbocycles. The van der Waals surface area contributed by atoms with Crippen LogP contribution in [0.1, 0.15) is 0 Å². The molecule has 1 aromatic carbocycles. The molecular formula is C18H15BrFN5O2. The van der Waals surface area contributed by atoms with Gasteiger partial charge in [0.05, 0.1) is 11.9 Å². The summed E-state index contributed by atoms with van der Waals surface area (Å²) in [6.45, 7) is 3.64. The van der Waals surface area contributed by atoms with E-state index in [1.807, 2.05) is 0 Å². The van der Waals surface area contributed by atoms with Crippen molar-refractivity contribution in [3.8, 4) is 23.0 Å². The SMILES string of the molecule is C=CCNC(=O)COc1nn(-c2cnccn2)c(-c2cccc(F)c2)c1Br. The summed E-state index contributed by atoms with van der Waals surface area (Å²) in [5.41, 5.74) is 1.09. The molecule has 0 aliphatic carbocycles. The molecule has 0 aliphatic rings. The van der Waals surface area contributed by atoms with E-state index >= 15 is 0 Å². The lowest BCUT2D eigenvalue weighted by Gasteiger charge is -2.06. The summed E-state index contributed by atoms with van der Waals surface area (Å²) in [4.78, 5) is 20.0. The van der Waals surface area contributed by atoms with Crippen LogP contribution >= 0.6 is 15.9 Å². The average molecular weight is 432 g/mol. The highest BCUT2D eigenvalue weighted by atomic mass is 79.9. The Morgan fingerprint density at radius 1 is 1.41 bits per heavy atom. The number of aromatic nitrogens is 4. The van der Waals surface area contributed by atoms with Gasteiger partial charge in [-0.2, -0.15) is 0 Å². The first-order chi connectivity index (χ1) is 13.1. The molecule has 138 valence electrons. The largest absolute Gasteiger partial charge is 0.466 e. The van der Waals surface area contributed by atoms with E-state index in [1.165, 1.54) is 35.4 Å². The van der Waals surface area contributed by atoms with Gasteiger partial charge in [-0.3, -0.25) is 9.78 Å². The molecule has 2 aromatic heterocycles. The zero-order chi connectivity index (χ0) is 19.2. The topological polar surface area (TPSA) is 81.9 Å². The summed E-state index contributed by atoms with van der Waals surface area (Å²) in [7, 11) is 0. The van der Waals surface area contributed by atoms with E-state index in [2.05, 4.69) is 42.9 Å². The molecular weight excluding hydrogens is 417 g/mol. The fourth-order valence-electron chi connectivity index (χ4n) is 2.29. The highest BCUT2D eigenvalue weighted by Crippen LogP contribution is 2.37. The molecule has 1 amide bonds. The van der Waals surface area contributed by atoms with Crippen molar-refractivity contribution in [2.45, 2.75) is 0 Å². The van der Waals surface area contributed by atoms with Gasteiger partial charge in [0.15, 0.2) is 12.4 Å². The van der Waals surface area contributed by atoms with Crippen molar-refractivity contribution in [2.75, 3.05) is 13.2 Å². The lowest BCUT2D eigenvalue weighted by atomic mass is 10.1. The fraction of sp³-hybridized carbons (Fsp3) is 0.111. The molecule has 1 N–H and O–H groups in total. The van der Waals surface area contributed by atoms with Gasteiger partial charge < -0.3 is 10.1 Å². The molecule has 0 saturated heterocycles. The van der Waals surface area contributed by atoms with Crippen molar-refractivity contribution < 1.29 is 13.9 Å². The molecule has 2 heterocycles. The third-order valence-electron chi connectivity index (χ3n) is 3.45. The molecule has 27 heavy (non-hydrogen) atoms. The molecule has 0 fully saturated rings. The molecule has 0 radical (unpaired) electrons. The van der Waals surface area contributed by atoms with E-state index in [-0.39, 0.29) is 18.4 Å². The highest BCUT2D eigenvalue weighted by molar-refractivity contribution is 9.10. The first kappa shape index (κ1) is 18.7. The van der Waals surface area contributed by atoms with Gasteiger partial charge in [0.25, 0.3) is 5.91 Å². The Hall–Kier alpha value is -3.07. The van der Waals surface area contributed by atoms with Crippen LogP contribution in [0.25, 0.3) is 17.1 Å². The number of amides is 1. The third kappa shape index (κ3) is 4.37. The number of benzene rings is 1. The van der Waals surface area contributed by atoms with Gasteiger partial charge in [0.1, 0.15) is 10.3 Å². The molecule has 0 aliphatic heterocycles. The number of hydrogen-bond donors (Lipinski definition) is 1. The van der Waals surface area contributed by atoms with Crippen LogP contribution in [0.3, 0.4) is 0 Å². The minimum Gasteiger partial charge on any atom is -0.466 e. The monoisotopic (exact) mass is 431 g/mol. The van der Waals surface area contributed by atoms with Crippen LogP contribution in [0.15, 0.2) is 60.0 Å². The summed E-state index contributed by atoms with van der Waals surface area (Å²) in [6.07, 6.45) is 6.14. The van der Waals surface area contributed by atoms with Crippen molar-refractivity contribution in [1.82, 2.24) is 25.1 Å². The van der Waals surface area contributed by atoms with E-state index in [0.717, 1.165) is 0 Å². The van der Waals surface area contributed by atoms with E-state index in [1.54, 1.807) is 18.2 Å². The fourth-order valence-corrected chi connectivity index (χ4v) is 2.88. The maximum Gasteiger partial charge on any atom is 0.258 e. The van der Waals surface area contributed by atoms with Gasteiger partial charge in [0, 0.05) is 24.5 Å². The molecule has 0 unspecified atom stereocenters. The lowest BCUT2D eigenvalue weighted by molar-refractivity contribution is -0.122. The first-order valence-electron chi connectivity index (χ1n) is 7.91. The Bertz CT molecular complexity index is 962. The van der Waals surface area contributed by atoms with E-state index in [0.29, 0.717) is 28.1 Å². The van der Waals surface area contributed by atoms with Crippen molar-refractivity contribution in [3.05, 3.63) is 65.8 Å². The maximum atomic E-state index is 13.7. The molecule has 3 aromatic rings. The van der Waals surface area contributed by atoms with E-state index < -0.39 is 5.82 Å². The Morgan fingerprint density at radius 2 is 2.26 bits per heavy atom. The smallest absolute Gasteiger partial charge is 0.258 e. The van der Waals surface area contributed by atoms with Crippen LogP contribution in [-0.4, -0.2) is 38.8 Å². The summed E-state index contributed by atoms with van der Waals surface area (Å²) in [5, 5.41) is 6.97. The second-order valence-electron chi connectivity index (χ2n) is 5.33. The third-order valence-corrected chi connectivity index (χ3v) is 4.16. The van der Waals surface area contributed by atoms with Gasteiger partial charge in [-0.05, 0) is 28.1 Å². The number of nitrogens with one attached hydrogen (secondary N) is 1. The van der Waals surface area contributed by atoms with E-state index in [4.69, 9.17) is 4.74 Å². The molecule has 7 nitrogen and oxygen atoms in total. The predicted molar refractivity (Wildman–Crippen MR) is 101 cm³/mol. The minimum absolute atomic E-state index is 0.175. The van der Waals surface area contributed by atoms with Crippen molar-refractivity contribution in [3.63, 3.8) is 0 Å². The Balaban J connectivity index is 1.99. The Kier molecular flexibility index (Phi) is 5.92. The summed E-state index contributed by atoms with van der Waals surface area (Å²) in [5.74, 6) is -0.113. The second kappa shape index (κ2) is 8.54. The number of ether oxygens (including phenoxy) is 1. The summed E-state index contributed by atoms with van der Waals surface area (Å²) >= 11 is 3.44. The molecule has 9 heteroatoms. The van der Waals surface area contributed by atoms with Crippen LogP contribution in [0.2, 0.25) is 0 Å². The molecule has 0 spiro atoms. The number of halogens is 2. The zero-order valence-electron chi connectivity index (χ0n) is 14.1. The molecule has 3 rings (SSSR count). The van der Waals surface area contributed by atoms with Crippen molar-refractivity contribution in [2.24, 2.45) is 0 Å². The zero-order valence-corrected chi connectivity index (χ0v) is 15.7. The average Bonchev–Trinajstić information content (AvgIpc) is 3.01. The summed E-state index contributed by atoms with van der Waals surface area (Å²) in [6, 6.07) is 6.05. The van der Waals surface area contributed by atoms with E-state index in [9.17, 15) is 9.18 Å². The minimum atomic E-state index is -0.391. The van der Waals surface area contributed by atoms with Crippen LogP contribution < -0.4 is 10.1 Å². The van der Waals surface area contributed by atoms with Gasteiger partial charge in [-0.25, -0.2) is 14.1 Å². The van der Waals surface area contributed by atoms with Crippen LogP contribution in [0, 0.1) is 5.82 Å². The number of carbonyl (C=O) groups excluding carboxylic acids is 1. The Morgan fingerprint density at radius 3 is 2.96 bits per heavy atom. The number of rotatable bonds is 7. The van der Waals surface area contributed by atoms with Gasteiger partial charge >= 0.3 is 0 Å². The number of nitrogens with zero attached hydrogens (tertiary/aromatic N) is 4. The maximum absolute atomic E-state index is 13.7. The summed E-state index contributed by atoms with van der Waals surface area (Å²) < 4.78 is 21.2. The standard InChI is InChI=1S/C18H15BrFN5O2/c1-2-6-23-15(26)11-27-18-16(19)17(12-4-3-5-13(20)9-12)25(24-18)14-10-21-7-8-22-14/h2-5,7-10H,1,6,11H2,(H,23,26). The lowest BCUT2D eigenvalue weighted by Crippen LogP contribution is -2.28. The van der Waals surface area contributed by atoms with Gasteiger partial charge in [0.2, 0.25) is 5.88 Å². The first-order valence-corrected chi connectivity index (χ1v) is 8.70. The van der Waals surface area contributed by atoms with Crippen LogP contribution in [0.5, 0.6) is 5.88 Å². The van der Waals surface area contributed by atoms with Crippen LogP contribution in [0.4, 0.5) is 4.39 Å². The predicted octanol–water partition coefficient (Wildman–Crippen LogP) is 2.91. The number of hydrogen-bond acceptors (Lipinski definition) is 5. The second-order valence-corrected chi connectivity index (χ2v) is 6.13. The highest BCUT2D eigenvalue weighted by Gasteiger charge is 2.21. The van der Waals surface area contributed by atoms with Gasteiger partial charge in [-0.1, -0.05) is 18.2 Å². The van der Waals surface area contributed by atoms with Crippen molar-refractivity contribution in [1.29, 1.82) is 0 Å². The molecule has 0 bridgehead atoms. The van der Waals surface area contributed by atoms with Crippen LogP contribution in [-0.2, 0) is 4.79 Å². The normalized spacial score (nSPS) is 10.4. The molecule has 0 atom stereocenters.